The van der Waals surface area contributed by atoms with Gasteiger partial charge in [-0.05, 0) is 52.6 Å². The van der Waals surface area contributed by atoms with Crippen LogP contribution in [0.3, 0.4) is 0 Å². The van der Waals surface area contributed by atoms with Gasteiger partial charge >= 0.3 is 0 Å². The summed E-state index contributed by atoms with van der Waals surface area (Å²) >= 11 is 3.46. The van der Waals surface area contributed by atoms with Gasteiger partial charge in [-0.1, -0.05) is 64.5 Å². The van der Waals surface area contributed by atoms with Crippen molar-refractivity contribution >= 4 is 21.8 Å². The first-order valence-corrected chi connectivity index (χ1v) is 11.8. The monoisotopic (exact) mass is 525 g/mol. The molecule has 5 nitrogen and oxygen atoms in total. The van der Waals surface area contributed by atoms with E-state index in [1.165, 1.54) is 12.1 Å². The highest BCUT2D eigenvalue weighted by molar-refractivity contribution is 9.10. The number of aliphatic hydroxyl groups is 1. The van der Waals surface area contributed by atoms with Gasteiger partial charge in [-0.3, -0.25) is 4.79 Å². The molecular formula is C27H25BrFNO4. The minimum Gasteiger partial charge on any atom is -0.459 e. The largest absolute Gasteiger partial charge is 0.459 e. The molecule has 0 aliphatic carbocycles. The summed E-state index contributed by atoms with van der Waals surface area (Å²) in [5.41, 5.74) is 3.61. The fraction of sp³-hybridized carbons (Fsp3) is 0.222. The molecule has 3 aromatic rings. The van der Waals surface area contributed by atoms with Gasteiger partial charge in [0.2, 0.25) is 6.29 Å². The van der Waals surface area contributed by atoms with Crippen LogP contribution < -0.4 is 5.32 Å². The highest BCUT2D eigenvalue weighted by Crippen LogP contribution is 2.32. The van der Waals surface area contributed by atoms with Gasteiger partial charge in [0, 0.05) is 23.4 Å². The fourth-order valence-electron chi connectivity index (χ4n) is 3.66. The summed E-state index contributed by atoms with van der Waals surface area (Å²) in [6.45, 7) is 0.558. The van der Waals surface area contributed by atoms with Crippen molar-refractivity contribution < 1.29 is 23.8 Å². The lowest BCUT2D eigenvalue weighted by Gasteiger charge is -2.29. The van der Waals surface area contributed by atoms with Crippen LogP contribution in [0.1, 0.15) is 34.6 Å². The van der Waals surface area contributed by atoms with Gasteiger partial charge in [0.05, 0.1) is 13.2 Å². The second kappa shape index (κ2) is 11.4. The van der Waals surface area contributed by atoms with Gasteiger partial charge in [-0.2, -0.15) is 0 Å². The van der Waals surface area contributed by atoms with Crippen molar-refractivity contribution in [3.8, 4) is 0 Å². The number of rotatable bonds is 8. The third-order valence-corrected chi connectivity index (χ3v) is 6.12. The number of carbonyl (C=O) groups is 1. The Hall–Kier alpha value is -3.00. The van der Waals surface area contributed by atoms with Crippen molar-refractivity contribution in [3.05, 3.63) is 117 Å². The lowest BCUT2D eigenvalue weighted by Crippen LogP contribution is -2.32. The van der Waals surface area contributed by atoms with Crippen LogP contribution >= 0.6 is 15.9 Å². The molecule has 1 aliphatic rings. The minimum atomic E-state index is -0.609. The smallest absolute Gasteiger partial charge is 0.286 e. The zero-order valence-electron chi connectivity index (χ0n) is 18.4. The number of hydrogen-bond acceptors (Lipinski definition) is 4. The van der Waals surface area contributed by atoms with E-state index in [0.717, 1.165) is 26.7 Å². The van der Waals surface area contributed by atoms with Gasteiger partial charge in [-0.15, -0.1) is 0 Å². The van der Waals surface area contributed by atoms with Gasteiger partial charge in [0.1, 0.15) is 5.82 Å². The van der Waals surface area contributed by atoms with Crippen molar-refractivity contribution in [3.63, 3.8) is 0 Å². The molecule has 2 N–H and O–H groups in total. The normalized spacial score (nSPS) is 17.6. The zero-order chi connectivity index (χ0) is 23.9. The highest BCUT2D eigenvalue weighted by atomic mass is 79.9. The summed E-state index contributed by atoms with van der Waals surface area (Å²) in [4.78, 5) is 12.9. The summed E-state index contributed by atoms with van der Waals surface area (Å²) in [7, 11) is 0. The molecule has 1 amide bonds. The Morgan fingerprint density at radius 3 is 2.32 bits per heavy atom. The van der Waals surface area contributed by atoms with Gasteiger partial charge in [0.25, 0.3) is 5.91 Å². The molecule has 0 saturated carbocycles. The lowest BCUT2D eigenvalue weighted by atomic mass is 9.93. The highest BCUT2D eigenvalue weighted by Gasteiger charge is 2.28. The first kappa shape index (κ1) is 24.1. The van der Waals surface area contributed by atoms with E-state index in [4.69, 9.17) is 9.47 Å². The summed E-state index contributed by atoms with van der Waals surface area (Å²) in [6, 6.07) is 21.4. The van der Waals surface area contributed by atoms with Crippen molar-refractivity contribution in [1.29, 1.82) is 0 Å². The standard InChI is InChI=1S/C27H25BrFNO4/c28-23-9-7-21(8-10-23)22-13-25(27(32)30-15-18-5-11-24(29)12-6-18)34-26(14-22)33-17-20-3-1-19(16-31)2-4-20/h1-13,22,26,31H,14-17H2,(H,30,32)/t22-,26+/m0/s1. The van der Waals surface area contributed by atoms with Crippen molar-refractivity contribution in [1.82, 2.24) is 5.32 Å². The maximum atomic E-state index is 13.1. The second-order valence-electron chi connectivity index (χ2n) is 8.07. The average molecular weight is 526 g/mol. The van der Waals surface area contributed by atoms with E-state index in [1.54, 1.807) is 12.1 Å². The summed E-state index contributed by atoms with van der Waals surface area (Å²) in [5, 5.41) is 12.0. The van der Waals surface area contributed by atoms with Crippen molar-refractivity contribution in [2.24, 2.45) is 0 Å². The summed E-state index contributed by atoms with van der Waals surface area (Å²) in [5.74, 6) is -0.541. The minimum absolute atomic E-state index is 0.0110. The van der Waals surface area contributed by atoms with Crippen molar-refractivity contribution in [2.75, 3.05) is 0 Å². The third kappa shape index (κ3) is 6.53. The van der Waals surface area contributed by atoms with E-state index in [0.29, 0.717) is 13.0 Å². The number of amides is 1. The Morgan fingerprint density at radius 2 is 1.65 bits per heavy atom. The van der Waals surface area contributed by atoms with Gasteiger partial charge in [0.15, 0.2) is 5.76 Å². The number of hydrogen-bond donors (Lipinski definition) is 2. The molecule has 4 rings (SSSR count). The van der Waals surface area contributed by atoms with E-state index < -0.39 is 6.29 Å². The van der Waals surface area contributed by atoms with Crippen molar-refractivity contribution in [2.45, 2.75) is 38.4 Å². The molecule has 3 aromatic carbocycles. The number of carbonyl (C=O) groups excluding carboxylic acids is 1. The van der Waals surface area contributed by atoms with Crippen LogP contribution in [0.25, 0.3) is 0 Å². The van der Waals surface area contributed by atoms with Crippen LogP contribution in [0, 0.1) is 5.82 Å². The van der Waals surface area contributed by atoms with E-state index >= 15 is 0 Å². The lowest BCUT2D eigenvalue weighted by molar-refractivity contribution is -0.150. The van der Waals surface area contributed by atoms with Gasteiger partial charge < -0.3 is 19.9 Å². The molecule has 0 fully saturated rings. The molecule has 0 spiro atoms. The van der Waals surface area contributed by atoms with Crippen LogP contribution in [0.2, 0.25) is 0 Å². The Kier molecular flexibility index (Phi) is 8.11. The molecule has 7 heteroatoms. The molecule has 2 atom stereocenters. The van der Waals surface area contributed by atoms with Crippen LogP contribution in [0.4, 0.5) is 4.39 Å². The maximum absolute atomic E-state index is 13.1. The first-order valence-electron chi connectivity index (χ1n) is 11.0. The molecule has 0 aromatic heterocycles. The number of nitrogens with one attached hydrogen (secondary N) is 1. The quantitative estimate of drug-likeness (QED) is 0.417. The van der Waals surface area contributed by atoms with Gasteiger partial charge in [-0.25, -0.2) is 4.39 Å². The number of ether oxygens (including phenoxy) is 2. The van der Waals surface area contributed by atoms with Crippen LogP contribution in [0.5, 0.6) is 0 Å². The molecule has 0 unspecified atom stereocenters. The molecule has 1 heterocycles. The summed E-state index contributed by atoms with van der Waals surface area (Å²) in [6.07, 6.45) is 1.77. The van der Waals surface area contributed by atoms with Crippen LogP contribution in [-0.4, -0.2) is 17.3 Å². The third-order valence-electron chi connectivity index (χ3n) is 5.59. The second-order valence-corrected chi connectivity index (χ2v) is 8.98. The predicted molar refractivity (Wildman–Crippen MR) is 130 cm³/mol. The van der Waals surface area contributed by atoms with Crippen LogP contribution in [0.15, 0.2) is 89.1 Å². The van der Waals surface area contributed by atoms with E-state index in [9.17, 15) is 14.3 Å². The SMILES string of the molecule is O=C(NCc1ccc(F)cc1)C1=C[C@H](c2ccc(Br)cc2)C[C@H](OCc2ccc(CO)cc2)O1. The Balaban J connectivity index is 1.46. The number of benzene rings is 3. The molecule has 0 saturated heterocycles. The average Bonchev–Trinajstić information content (AvgIpc) is 2.87. The molecular weight excluding hydrogens is 501 g/mol. The molecule has 34 heavy (non-hydrogen) atoms. The fourth-order valence-corrected chi connectivity index (χ4v) is 3.93. The molecule has 0 bridgehead atoms. The van der Waals surface area contributed by atoms with E-state index in [2.05, 4.69) is 21.2 Å². The summed E-state index contributed by atoms with van der Waals surface area (Å²) < 4.78 is 26.0. The predicted octanol–water partition coefficient (Wildman–Crippen LogP) is 5.33. The van der Waals surface area contributed by atoms with E-state index in [-0.39, 0.29) is 36.6 Å². The Morgan fingerprint density at radius 1 is 1.00 bits per heavy atom. The molecule has 0 radical (unpaired) electrons. The Labute approximate surface area is 206 Å². The molecule has 176 valence electrons. The van der Waals surface area contributed by atoms with Crippen LogP contribution in [-0.2, 0) is 34.0 Å². The number of halogens is 2. The van der Waals surface area contributed by atoms with E-state index in [1.807, 2.05) is 54.6 Å². The topological polar surface area (TPSA) is 67.8 Å². The Bertz CT molecular complexity index is 1130. The number of aliphatic hydroxyl groups excluding tert-OH is 1. The molecule has 1 aliphatic heterocycles. The first-order chi connectivity index (χ1) is 16.5. The maximum Gasteiger partial charge on any atom is 0.286 e. The zero-order valence-corrected chi connectivity index (χ0v) is 20.0. The number of allylic oxidation sites excluding steroid dienone is 1.